The summed E-state index contributed by atoms with van der Waals surface area (Å²) in [5.74, 6) is 1.36. The van der Waals surface area contributed by atoms with Crippen LogP contribution in [-0.2, 0) is 17.8 Å². The second kappa shape index (κ2) is 11.0. The Morgan fingerprint density at radius 2 is 1.78 bits per heavy atom. The highest BCUT2D eigenvalue weighted by Crippen LogP contribution is 2.18. The van der Waals surface area contributed by atoms with E-state index in [1.165, 1.54) is 6.07 Å². The fourth-order valence-corrected chi connectivity index (χ4v) is 2.85. The molecular formula is C19H25FIN5O. The van der Waals surface area contributed by atoms with Gasteiger partial charge in [0.1, 0.15) is 11.6 Å². The van der Waals surface area contributed by atoms with E-state index in [1.54, 1.807) is 25.4 Å². The molecule has 2 aromatic rings. The number of ether oxygens (including phenoxy) is 1. The van der Waals surface area contributed by atoms with Crippen LogP contribution in [0.1, 0.15) is 11.1 Å². The van der Waals surface area contributed by atoms with E-state index >= 15 is 0 Å². The second-order valence-electron chi connectivity index (χ2n) is 5.96. The highest BCUT2D eigenvalue weighted by atomic mass is 127. The summed E-state index contributed by atoms with van der Waals surface area (Å²) < 4.78 is 19.1. The molecule has 6 nitrogen and oxygen atoms in total. The van der Waals surface area contributed by atoms with E-state index in [2.05, 4.69) is 31.6 Å². The van der Waals surface area contributed by atoms with Crippen LogP contribution in [0.4, 0.5) is 10.2 Å². The number of anilines is 1. The van der Waals surface area contributed by atoms with Crippen LogP contribution < -0.4 is 15.5 Å². The Morgan fingerprint density at radius 1 is 1.11 bits per heavy atom. The molecule has 0 atom stereocenters. The monoisotopic (exact) mass is 485 g/mol. The second-order valence-corrected chi connectivity index (χ2v) is 5.96. The lowest BCUT2D eigenvalue weighted by Gasteiger charge is -2.29. The molecule has 0 radical (unpaired) electrons. The van der Waals surface area contributed by atoms with Gasteiger partial charge in [-0.25, -0.2) is 9.37 Å². The molecule has 1 aliphatic rings. The van der Waals surface area contributed by atoms with E-state index in [0.29, 0.717) is 24.6 Å². The van der Waals surface area contributed by atoms with Gasteiger partial charge in [0.15, 0.2) is 5.96 Å². The quantitative estimate of drug-likeness (QED) is 0.388. The van der Waals surface area contributed by atoms with Gasteiger partial charge in [0.25, 0.3) is 0 Å². The van der Waals surface area contributed by atoms with Crippen molar-refractivity contribution in [1.82, 2.24) is 15.6 Å². The first-order valence-electron chi connectivity index (χ1n) is 8.72. The summed E-state index contributed by atoms with van der Waals surface area (Å²) in [4.78, 5) is 11.0. The van der Waals surface area contributed by atoms with Crippen molar-refractivity contribution in [3.05, 3.63) is 59.5 Å². The van der Waals surface area contributed by atoms with E-state index in [1.807, 2.05) is 12.1 Å². The highest BCUT2D eigenvalue weighted by molar-refractivity contribution is 14.0. The number of benzene rings is 1. The lowest BCUT2D eigenvalue weighted by atomic mass is 10.2. The van der Waals surface area contributed by atoms with E-state index in [-0.39, 0.29) is 29.8 Å². The van der Waals surface area contributed by atoms with Crippen molar-refractivity contribution in [2.75, 3.05) is 38.3 Å². The minimum Gasteiger partial charge on any atom is -0.378 e. The van der Waals surface area contributed by atoms with E-state index in [9.17, 15) is 4.39 Å². The van der Waals surface area contributed by atoms with Crippen LogP contribution in [0.5, 0.6) is 0 Å². The molecule has 8 heteroatoms. The Hall–Kier alpha value is -1.94. The fourth-order valence-electron chi connectivity index (χ4n) is 2.85. The Labute approximate surface area is 176 Å². The summed E-state index contributed by atoms with van der Waals surface area (Å²) in [7, 11) is 1.70. The van der Waals surface area contributed by atoms with Crippen LogP contribution >= 0.6 is 24.0 Å². The summed E-state index contributed by atoms with van der Waals surface area (Å²) in [5.41, 5.74) is 1.69. The van der Waals surface area contributed by atoms with Crippen molar-refractivity contribution in [2.24, 2.45) is 4.99 Å². The van der Waals surface area contributed by atoms with Gasteiger partial charge in [-0.05, 0) is 12.1 Å². The van der Waals surface area contributed by atoms with Gasteiger partial charge in [-0.1, -0.05) is 24.3 Å². The van der Waals surface area contributed by atoms with Crippen LogP contribution in [0.15, 0.2) is 47.6 Å². The van der Waals surface area contributed by atoms with Crippen LogP contribution in [0.3, 0.4) is 0 Å². The number of nitrogens with zero attached hydrogens (tertiary/aromatic N) is 3. The first-order valence-corrected chi connectivity index (χ1v) is 8.72. The normalized spacial score (nSPS) is 14.4. The van der Waals surface area contributed by atoms with Crippen LogP contribution in [0, 0.1) is 5.82 Å². The third-order valence-corrected chi connectivity index (χ3v) is 4.25. The zero-order valence-corrected chi connectivity index (χ0v) is 17.7. The molecule has 1 aromatic heterocycles. The molecule has 146 valence electrons. The standard InChI is InChI=1S/C19H24FN5O.HI/c1-21-19(23-13-15-5-2-3-7-17(15)20)24-14-16-6-4-8-22-18(16)25-9-11-26-12-10-25;/h2-8H,9-14H2,1H3,(H2,21,23,24);1H. The van der Waals surface area contributed by atoms with Crippen LogP contribution in [0.25, 0.3) is 0 Å². The molecule has 1 fully saturated rings. The Bertz CT molecular complexity index is 752. The molecule has 2 N–H and O–H groups in total. The zero-order valence-electron chi connectivity index (χ0n) is 15.3. The Balaban J connectivity index is 0.00000261. The number of rotatable bonds is 5. The molecule has 1 aliphatic heterocycles. The maximum Gasteiger partial charge on any atom is 0.191 e. The third kappa shape index (κ3) is 6.03. The lowest BCUT2D eigenvalue weighted by Crippen LogP contribution is -2.39. The highest BCUT2D eigenvalue weighted by Gasteiger charge is 2.15. The SMILES string of the molecule is CN=C(NCc1ccccc1F)NCc1cccnc1N1CCOCC1.I. The summed E-state index contributed by atoms with van der Waals surface area (Å²) >= 11 is 0. The van der Waals surface area contributed by atoms with Gasteiger partial charge in [-0.3, -0.25) is 4.99 Å². The van der Waals surface area contributed by atoms with E-state index in [4.69, 9.17) is 4.74 Å². The maximum atomic E-state index is 13.7. The smallest absolute Gasteiger partial charge is 0.191 e. The molecule has 0 amide bonds. The minimum absolute atomic E-state index is 0. The molecule has 1 saturated heterocycles. The van der Waals surface area contributed by atoms with Gasteiger partial charge in [0.2, 0.25) is 0 Å². The lowest BCUT2D eigenvalue weighted by molar-refractivity contribution is 0.122. The third-order valence-electron chi connectivity index (χ3n) is 4.25. The number of halogens is 2. The van der Waals surface area contributed by atoms with Gasteiger partial charge < -0.3 is 20.3 Å². The number of aliphatic imine (C=N–C) groups is 1. The molecule has 0 aliphatic carbocycles. The van der Waals surface area contributed by atoms with Crippen molar-refractivity contribution in [1.29, 1.82) is 0 Å². The van der Waals surface area contributed by atoms with Gasteiger partial charge in [0.05, 0.1) is 13.2 Å². The zero-order chi connectivity index (χ0) is 18.2. The van der Waals surface area contributed by atoms with Crippen LogP contribution in [0.2, 0.25) is 0 Å². The van der Waals surface area contributed by atoms with Crippen molar-refractivity contribution < 1.29 is 9.13 Å². The van der Waals surface area contributed by atoms with Gasteiger partial charge in [0, 0.05) is 50.6 Å². The average molecular weight is 485 g/mol. The molecule has 0 unspecified atom stereocenters. The van der Waals surface area contributed by atoms with Gasteiger partial charge >= 0.3 is 0 Å². The Kier molecular flexibility index (Phi) is 8.73. The topological polar surface area (TPSA) is 61.8 Å². The molecular weight excluding hydrogens is 460 g/mol. The van der Waals surface area contributed by atoms with Gasteiger partial charge in [-0.15, -0.1) is 24.0 Å². The molecule has 1 aromatic carbocycles. The number of morpholine rings is 1. The summed E-state index contributed by atoms with van der Waals surface area (Å²) in [6.07, 6.45) is 1.81. The Morgan fingerprint density at radius 3 is 2.48 bits per heavy atom. The molecule has 0 bridgehead atoms. The van der Waals surface area contributed by atoms with Crippen molar-refractivity contribution in [3.63, 3.8) is 0 Å². The molecule has 0 spiro atoms. The molecule has 0 saturated carbocycles. The van der Waals surface area contributed by atoms with Crippen molar-refractivity contribution >= 4 is 35.8 Å². The predicted octanol–water partition coefficient (Wildman–Crippen LogP) is 2.54. The number of hydrogen-bond acceptors (Lipinski definition) is 4. The van der Waals surface area contributed by atoms with Crippen molar-refractivity contribution in [2.45, 2.75) is 13.1 Å². The van der Waals surface area contributed by atoms with Gasteiger partial charge in [-0.2, -0.15) is 0 Å². The minimum atomic E-state index is -0.225. The largest absolute Gasteiger partial charge is 0.378 e. The number of aromatic nitrogens is 1. The van der Waals surface area contributed by atoms with Crippen LogP contribution in [-0.4, -0.2) is 44.3 Å². The maximum absolute atomic E-state index is 13.7. The van der Waals surface area contributed by atoms with E-state index in [0.717, 1.165) is 37.7 Å². The molecule has 3 rings (SSSR count). The number of guanidine groups is 1. The van der Waals surface area contributed by atoms with E-state index < -0.39 is 0 Å². The predicted molar refractivity (Wildman–Crippen MR) is 116 cm³/mol. The van der Waals surface area contributed by atoms with Crippen molar-refractivity contribution in [3.8, 4) is 0 Å². The number of hydrogen-bond donors (Lipinski definition) is 2. The fraction of sp³-hybridized carbons (Fsp3) is 0.368. The first-order chi connectivity index (χ1) is 12.8. The average Bonchev–Trinajstić information content (AvgIpc) is 2.70. The molecule has 27 heavy (non-hydrogen) atoms. The summed E-state index contributed by atoms with van der Waals surface area (Å²) in [6, 6.07) is 10.7. The molecule has 2 heterocycles. The number of pyridine rings is 1. The first kappa shape index (κ1) is 21.4. The summed E-state index contributed by atoms with van der Waals surface area (Å²) in [5, 5.41) is 6.41. The summed E-state index contributed by atoms with van der Waals surface area (Å²) in [6.45, 7) is 4.06. The number of nitrogens with one attached hydrogen (secondary N) is 2.